The van der Waals surface area contributed by atoms with Crippen LogP contribution in [0, 0.1) is 19.7 Å². The van der Waals surface area contributed by atoms with Crippen molar-refractivity contribution in [2.75, 3.05) is 10.6 Å². The molecule has 0 fully saturated rings. The molecule has 0 aromatic heterocycles. The predicted octanol–water partition coefficient (Wildman–Crippen LogP) is 3.86. The van der Waals surface area contributed by atoms with Crippen molar-refractivity contribution in [2.45, 2.75) is 46.2 Å². The molecule has 0 heterocycles. The molecule has 0 aliphatic heterocycles. The second-order valence-electron chi connectivity index (χ2n) is 7.04. The molecule has 2 aromatic carbocycles. The van der Waals surface area contributed by atoms with Gasteiger partial charge in [-0.2, -0.15) is 0 Å². The van der Waals surface area contributed by atoms with Crippen LogP contribution in [0.2, 0.25) is 0 Å². The number of nitrogens with zero attached hydrogens (tertiary/aromatic N) is 1. The molecular weight excluding hydrogens is 379 g/mol. The van der Waals surface area contributed by atoms with Crippen molar-refractivity contribution in [2.24, 2.45) is 0 Å². The number of nitrogens with one attached hydrogen (secondary N) is 1. The third kappa shape index (κ3) is 5.10. The van der Waals surface area contributed by atoms with Crippen LogP contribution in [0.1, 0.15) is 43.0 Å². The lowest BCUT2D eigenvalue weighted by Crippen LogP contribution is -2.48. The van der Waals surface area contributed by atoms with Crippen LogP contribution in [-0.4, -0.2) is 26.6 Å². The highest BCUT2D eigenvalue weighted by molar-refractivity contribution is 7.92. The van der Waals surface area contributed by atoms with E-state index in [0.717, 1.165) is 27.3 Å². The van der Waals surface area contributed by atoms with Crippen LogP contribution in [-0.2, 0) is 14.8 Å². The Morgan fingerprint density at radius 2 is 1.75 bits per heavy atom. The number of amides is 1. The molecule has 0 spiro atoms. The molecule has 0 saturated heterocycles. The zero-order valence-corrected chi connectivity index (χ0v) is 17.7. The summed E-state index contributed by atoms with van der Waals surface area (Å²) in [5, 5.41) is 2.96. The van der Waals surface area contributed by atoms with Gasteiger partial charge in [-0.1, -0.05) is 30.7 Å². The number of carbonyl (C=O) groups is 1. The Morgan fingerprint density at radius 1 is 1.14 bits per heavy atom. The second kappa shape index (κ2) is 8.73. The molecule has 0 radical (unpaired) electrons. The molecule has 2 atom stereocenters. The average molecular weight is 407 g/mol. The van der Waals surface area contributed by atoms with Gasteiger partial charge in [0.15, 0.2) is 0 Å². The first-order chi connectivity index (χ1) is 13.0. The van der Waals surface area contributed by atoms with E-state index in [2.05, 4.69) is 11.4 Å². The molecule has 0 saturated carbocycles. The Hall–Kier alpha value is -2.41. The zero-order valence-electron chi connectivity index (χ0n) is 16.9. The van der Waals surface area contributed by atoms with E-state index in [0.29, 0.717) is 6.42 Å². The lowest BCUT2D eigenvalue weighted by Gasteiger charge is -2.30. The normalized spacial score (nSPS) is 13.6. The molecule has 152 valence electrons. The largest absolute Gasteiger partial charge is 0.347 e. The molecule has 2 aromatic rings. The lowest BCUT2D eigenvalue weighted by atomic mass is 9.97. The van der Waals surface area contributed by atoms with E-state index >= 15 is 0 Å². The lowest BCUT2D eigenvalue weighted by molar-refractivity contribution is -0.122. The molecule has 28 heavy (non-hydrogen) atoms. The van der Waals surface area contributed by atoms with Crippen molar-refractivity contribution < 1.29 is 17.6 Å². The molecule has 1 amide bonds. The van der Waals surface area contributed by atoms with Crippen molar-refractivity contribution in [3.63, 3.8) is 0 Å². The van der Waals surface area contributed by atoms with E-state index in [1.54, 1.807) is 0 Å². The number of hydrogen-bond donors (Lipinski definition) is 1. The topological polar surface area (TPSA) is 66.5 Å². The van der Waals surface area contributed by atoms with Gasteiger partial charge in [0.05, 0.1) is 18.0 Å². The van der Waals surface area contributed by atoms with Gasteiger partial charge < -0.3 is 5.32 Å². The highest BCUT2D eigenvalue weighted by Crippen LogP contribution is 2.24. The summed E-state index contributed by atoms with van der Waals surface area (Å²) in [5.74, 6) is -0.892. The van der Waals surface area contributed by atoms with E-state index in [4.69, 9.17) is 0 Å². The minimum absolute atomic E-state index is 0.231. The number of halogens is 1. The Bertz CT molecular complexity index is 943. The van der Waals surface area contributed by atoms with Gasteiger partial charge >= 0.3 is 0 Å². The highest BCUT2D eigenvalue weighted by Gasteiger charge is 2.30. The minimum Gasteiger partial charge on any atom is -0.347 e. The number of rotatable bonds is 7. The number of benzene rings is 2. The molecular formula is C21H27FN2O3S. The fourth-order valence-electron chi connectivity index (χ4n) is 3.31. The summed E-state index contributed by atoms with van der Waals surface area (Å²) >= 11 is 0. The van der Waals surface area contributed by atoms with Crippen LogP contribution in [0.5, 0.6) is 0 Å². The quantitative estimate of drug-likeness (QED) is 0.759. The first-order valence-corrected chi connectivity index (χ1v) is 11.0. The van der Waals surface area contributed by atoms with Gasteiger partial charge in [0.2, 0.25) is 15.9 Å². The number of sulfonamides is 1. The van der Waals surface area contributed by atoms with Gasteiger partial charge in [0, 0.05) is 0 Å². The Balaban J connectivity index is 2.30. The number of anilines is 1. The van der Waals surface area contributed by atoms with E-state index in [1.807, 2.05) is 32.9 Å². The molecule has 0 aliphatic rings. The Kier molecular flexibility index (Phi) is 6.82. The highest BCUT2D eigenvalue weighted by atomic mass is 32.2. The number of carbonyl (C=O) groups excluding carboxylic acids is 1. The molecule has 0 bridgehead atoms. The van der Waals surface area contributed by atoms with E-state index in [1.165, 1.54) is 31.2 Å². The van der Waals surface area contributed by atoms with Crippen LogP contribution in [0.4, 0.5) is 10.1 Å². The monoisotopic (exact) mass is 406 g/mol. The summed E-state index contributed by atoms with van der Waals surface area (Å²) in [6.45, 7) is 7.48. The van der Waals surface area contributed by atoms with Gasteiger partial charge in [-0.05, 0) is 62.6 Å². The van der Waals surface area contributed by atoms with Gasteiger partial charge in [-0.3, -0.25) is 9.10 Å². The van der Waals surface area contributed by atoms with Gasteiger partial charge in [0.25, 0.3) is 0 Å². The fraction of sp³-hybridized carbons (Fsp3) is 0.381. The molecule has 2 unspecified atom stereocenters. The minimum atomic E-state index is -3.75. The summed E-state index contributed by atoms with van der Waals surface area (Å²) in [5.41, 5.74) is 3.45. The molecule has 7 heteroatoms. The van der Waals surface area contributed by atoms with Crippen molar-refractivity contribution in [3.8, 4) is 0 Å². The maximum atomic E-state index is 13.2. The SMILES string of the molecule is CCC(NC(=O)C(C)N(c1ccc(F)cc1)S(C)(=O)=O)c1ccc(C)cc1C. The molecule has 0 aliphatic carbocycles. The summed E-state index contributed by atoms with van der Waals surface area (Å²) in [4.78, 5) is 12.9. The number of hydrogen-bond acceptors (Lipinski definition) is 3. The molecule has 5 nitrogen and oxygen atoms in total. The van der Waals surface area contributed by atoms with Crippen LogP contribution in [0.25, 0.3) is 0 Å². The third-order valence-corrected chi connectivity index (χ3v) is 5.94. The predicted molar refractivity (Wildman–Crippen MR) is 110 cm³/mol. The van der Waals surface area contributed by atoms with E-state index in [9.17, 15) is 17.6 Å². The summed E-state index contributed by atoms with van der Waals surface area (Å²) < 4.78 is 38.9. The number of aryl methyl sites for hydroxylation is 2. The van der Waals surface area contributed by atoms with Gasteiger partial charge in [-0.15, -0.1) is 0 Å². The zero-order chi connectivity index (χ0) is 21.1. The van der Waals surface area contributed by atoms with Crippen LogP contribution < -0.4 is 9.62 Å². The van der Waals surface area contributed by atoms with Crippen LogP contribution in [0.3, 0.4) is 0 Å². The second-order valence-corrected chi connectivity index (χ2v) is 8.90. The first-order valence-electron chi connectivity index (χ1n) is 9.17. The van der Waals surface area contributed by atoms with Gasteiger partial charge in [0.1, 0.15) is 11.9 Å². The summed E-state index contributed by atoms with van der Waals surface area (Å²) in [6, 6.07) is 9.84. The van der Waals surface area contributed by atoms with Crippen molar-refractivity contribution in [1.29, 1.82) is 0 Å². The summed E-state index contributed by atoms with van der Waals surface area (Å²) in [7, 11) is -3.75. The molecule has 2 rings (SSSR count). The summed E-state index contributed by atoms with van der Waals surface area (Å²) in [6.07, 6.45) is 1.69. The molecule has 1 N–H and O–H groups in total. The van der Waals surface area contributed by atoms with Crippen molar-refractivity contribution >= 4 is 21.6 Å². The fourth-order valence-corrected chi connectivity index (χ4v) is 4.48. The van der Waals surface area contributed by atoms with E-state index in [-0.39, 0.29) is 11.7 Å². The standard InChI is InChI=1S/C21H27FN2O3S/c1-6-20(19-12-7-14(2)13-15(19)3)23-21(25)16(4)24(28(5,26)27)18-10-8-17(22)9-11-18/h7-13,16,20H,6H2,1-5H3,(H,23,25). The first kappa shape index (κ1) is 21.9. The average Bonchev–Trinajstić information content (AvgIpc) is 2.60. The Morgan fingerprint density at radius 3 is 2.25 bits per heavy atom. The Labute approximate surface area is 166 Å². The third-order valence-electron chi connectivity index (χ3n) is 4.70. The van der Waals surface area contributed by atoms with Crippen LogP contribution in [0.15, 0.2) is 42.5 Å². The van der Waals surface area contributed by atoms with Crippen molar-refractivity contribution in [3.05, 3.63) is 65.0 Å². The van der Waals surface area contributed by atoms with Crippen LogP contribution >= 0.6 is 0 Å². The van der Waals surface area contributed by atoms with Gasteiger partial charge in [-0.25, -0.2) is 12.8 Å². The maximum absolute atomic E-state index is 13.2. The maximum Gasteiger partial charge on any atom is 0.244 e. The smallest absolute Gasteiger partial charge is 0.244 e. The van der Waals surface area contributed by atoms with E-state index < -0.39 is 27.8 Å². The van der Waals surface area contributed by atoms with Crippen molar-refractivity contribution in [1.82, 2.24) is 5.32 Å².